The number of nitrogens with zero attached hydrogens (tertiary/aromatic N) is 2. The fraction of sp³-hybridized carbons (Fsp3) is 0.609. The number of benzene rings is 1. The molecule has 3 amide bonds. The number of carbonyl (C=O) groups excluding carboxylic acids is 3. The van der Waals surface area contributed by atoms with Gasteiger partial charge in [-0.2, -0.15) is 0 Å². The smallest absolute Gasteiger partial charge is 0.292 e. The predicted octanol–water partition coefficient (Wildman–Crippen LogP) is 1.02. The predicted molar refractivity (Wildman–Crippen MR) is 112 cm³/mol. The van der Waals surface area contributed by atoms with Gasteiger partial charge in [-0.25, -0.2) is 4.90 Å². The number of carbonyl (C=O) groups is 3. The molecule has 0 saturated carbocycles. The van der Waals surface area contributed by atoms with E-state index in [9.17, 15) is 14.4 Å². The lowest BCUT2D eigenvalue weighted by Crippen LogP contribution is -3.18. The maximum absolute atomic E-state index is 13.2. The maximum Gasteiger partial charge on any atom is 0.292 e. The van der Waals surface area contributed by atoms with E-state index in [0.29, 0.717) is 18.8 Å². The molecule has 7 heteroatoms. The molecule has 3 aliphatic rings. The van der Waals surface area contributed by atoms with Crippen LogP contribution in [0.25, 0.3) is 0 Å². The molecule has 162 valence electrons. The van der Waals surface area contributed by atoms with Crippen molar-refractivity contribution < 1.29 is 24.0 Å². The molecule has 3 fully saturated rings. The molecule has 3 aliphatic heterocycles. The molecule has 1 N–H and O–H groups in total. The fourth-order valence-electron chi connectivity index (χ4n) is 4.95. The molecule has 3 heterocycles. The quantitative estimate of drug-likeness (QED) is 0.706. The average Bonchev–Trinajstić information content (AvgIpc) is 3.40. The number of hydrogen-bond donors (Lipinski definition) is 1. The maximum atomic E-state index is 13.2. The summed E-state index contributed by atoms with van der Waals surface area (Å²) in [7, 11) is 0. The second-order valence-corrected chi connectivity index (χ2v) is 8.65. The van der Waals surface area contributed by atoms with E-state index in [1.807, 2.05) is 11.8 Å². The summed E-state index contributed by atoms with van der Waals surface area (Å²) in [5.74, 6) is 0.639. The third kappa shape index (κ3) is 4.21. The van der Waals surface area contributed by atoms with Crippen LogP contribution in [0.2, 0.25) is 0 Å². The van der Waals surface area contributed by atoms with E-state index < -0.39 is 0 Å². The lowest BCUT2D eigenvalue weighted by molar-refractivity contribution is -0.922. The minimum atomic E-state index is -0.386. The molecular weight excluding hydrogens is 382 g/mol. The number of hydrogen-bond acceptors (Lipinski definition) is 4. The summed E-state index contributed by atoms with van der Waals surface area (Å²) in [5, 5.41) is 0. The van der Waals surface area contributed by atoms with E-state index in [4.69, 9.17) is 4.74 Å². The zero-order chi connectivity index (χ0) is 21.1. The monoisotopic (exact) mass is 414 g/mol. The zero-order valence-corrected chi connectivity index (χ0v) is 17.8. The molecule has 3 atom stereocenters. The lowest BCUT2D eigenvalue weighted by atomic mass is 9.95. The van der Waals surface area contributed by atoms with Gasteiger partial charge in [0.2, 0.25) is 11.8 Å². The van der Waals surface area contributed by atoms with Crippen molar-refractivity contribution in [2.45, 2.75) is 51.5 Å². The normalized spacial score (nSPS) is 27.0. The standard InChI is InChI=1S/C23H31N3O4/c1-2-14-30-19-9-7-18(8-10-19)26-21(27)15-20(23(26)29)25-13-5-6-17(16-25)22(28)24-11-3-4-12-24/h7-10,17,20H,2-6,11-16H2,1H3/p+1/t17-,20-/m1/s1. The number of imide groups is 1. The number of quaternary nitrogens is 1. The Kier molecular flexibility index (Phi) is 6.37. The molecule has 3 saturated heterocycles. The van der Waals surface area contributed by atoms with E-state index in [-0.39, 0.29) is 36.1 Å². The summed E-state index contributed by atoms with van der Waals surface area (Å²) < 4.78 is 5.59. The Hall–Kier alpha value is -2.41. The third-order valence-electron chi connectivity index (χ3n) is 6.53. The van der Waals surface area contributed by atoms with E-state index in [1.165, 1.54) is 4.90 Å². The van der Waals surface area contributed by atoms with Crippen molar-refractivity contribution in [1.29, 1.82) is 0 Å². The van der Waals surface area contributed by atoms with Gasteiger partial charge in [-0.15, -0.1) is 0 Å². The summed E-state index contributed by atoms with van der Waals surface area (Å²) in [6.07, 6.45) is 5.11. The highest BCUT2D eigenvalue weighted by molar-refractivity contribution is 6.21. The SMILES string of the molecule is CCCOc1ccc(N2C(=O)C[C@@H]([NH+]3CCC[C@@H](C(=O)N4CCCC4)C3)C2=O)cc1. The molecule has 0 bridgehead atoms. The van der Waals surface area contributed by atoms with Crippen LogP contribution in [0.3, 0.4) is 0 Å². The largest absolute Gasteiger partial charge is 0.494 e. The summed E-state index contributed by atoms with van der Waals surface area (Å²) >= 11 is 0. The van der Waals surface area contributed by atoms with Crippen molar-refractivity contribution in [2.75, 3.05) is 37.7 Å². The van der Waals surface area contributed by atoms with Crippen molar-refractivity contribution in [1.82, 2.24) is 4.90 Å². The van der Waals surface area contributed by atoms with Crippen LogP contribution < -0.4 is 14.5 Å². The second-order valence-electron chi connectivity index (χ2n) is 8.65. The van der Waals surface area contributed by atoms with Crippen molar-refractivity contribution in [3.63, 3.8) is 0 Å². The zero-order valence-electron chi connectivity index (χ0n) is 17.8. The molecule has 0 aliphatic carbocycles. The Labute approximate surface area is 177 Å². The van der Waals surface area contributed by atoms with Gasteiger partial charge >= 0.3 is 0 Å². The number of anilines is 1. The minimum Gasteiger partial charge on any atom is -0.494 e. The summed E-state index contributed by atoms with van der Waals surface area (Å²) in [6, 6.07) is 6.76. The molecule has 0 aromatic heterocycles. The van der Waals surface area contributed by atoms with E-state index in [0.717, 1.165) is 62.4 Å². The summed E-state index contributed by atoms with van der Waals surface area (Å²) in [4.78, 5) is 43.1. The van der Waals surface area contributed by atoms with Gasteiger partial charge in [0.1, 0.15) is 5.75 Å². The highest BCUT2D eigenvalue weighted by Gasteiger charge is 2.47. The van der Waals surface area contributed by atoms with E-state index in [2.05, 4.69) is 0 Å². The van der Waals surface area contributed by atoms with Crippen LogP contribution >= 0.6 is 0 Å². The van der Waals surface area contributed by atoms with Crippen LogP contribution in [0.4, 0.5) is 5.69 Å². The molecule has 30 heavy (non-hydrogen) atoms. The summed E-state index contributed by atoms with van der Waals surface area (Å²) in [6.45, 7) is 5.89. The average molecular weight is 415 g/mol. The number of amides is 3. The molecule has 0 spiro atoms. The Bertz CT molecular complexity index is 788. The Morgan fingerprint density at radius 2 is 1.87 bits per heavy atom. The lowest BCUT2D eigenvalue weighted by Gasteiger charge is -2.33. The van der Waals surface area contributed by atoms with E-state index >= 15 is 0 Å². The van der Waals surface area contributed by atoms with Crippen LogP contribution in [0, 0.1) is 5.92 Å². The van der Waals surface area contributed by atoms with Gasteiger partial charge in [0, 0.05) is 13.1 Å². The van der Waals surface area contributed by atoms with Crippen LogP contribution in [0.5, 0.6) is 5.75 Å². The van der Waals surface area contributed by atoms with Crippen molar-refractivity contribution in [3.05, 3.63) is 24.3 Å². The first-order valence-electron chi connectivity index (χ1n) is 11.3. The van der Waals surface area contributed by atoms with Gasteiger partial charge in [0.05, 0.1) is 37.7 Å². The number of rotatable bonds is 6. The highest BCUT2D eigenvalue weighted by Crippen LogP contribution is 2.25. The van der Waals surface area contributed by atoms with Crippen LogP contribution in [-0.4, -0.2) is 61.4 Å². The first kappa shape index (κ1) is 20.8. The molecule has 1 aromatic rings. The highest BCUT2D eigenvalue weighted by atomic mass is 16.5. The van der Waals surface area contributed by atoms with Crippen LogP contribution in [0.15, 0.2) is 24.3 Å². The second kappa shape index (κ2) is 9.16. The number of likely N-dealkylation sites (tertiary alicyclic amines) is 2. The Morgan fingerprint density at radius 1 is 1.13 bits per heavy atom. The van der Waals surface area contributed by atoms with Crippen molar-refractivity contribution >= 4 is 23.4 Å². The van der Waals surface area contributed by atoms with Crippen molar-refractivity contribution in [3.8, 4) is 5.75 Å². The van der Waals surface area contributed by atoms with Gasteiger partial charge in [0.25, 0.3) is 5.91 Å². The van der Waals surface area contributed by atoms with Gasteiger partial charge in [0.15, 0.2) is 6.04 Å². The molecular formula is C23H32N3O4+. The van der Waals surface area contributed by atoms with Gasteiger partial charge in [-0.05, 0) is 56.4 Å². The molecule has 1 unspecified atom stereocenters. The molecule has 0 radical (unpaired) electrons. The van der Waals surface area contributed by atoms with Gasteiger partial charge < -0.3 is 14.5 Å². The molecule has 4 rings (SSSR count). The Balaban J connectivity index is 1.42. The van der Waals surface area contributed by atoms with Crippen LogP contribution in [-0.2, 0) is 14.4 Å². The summed E-state index contributed by atoms with van der Waals surface area (Å²) in [5.41, 5.74) is 0.595. The van der Waals surface area contributed by atoms with Crippen molar-refractivity contribution in [2.24, 2.45) is 5.92 Å². The van der Waals surface area contributed by atoms with Gasteiger partial charge in [-0.3, -0.25) is 14.4 Å². The van der Waals surface area contributed by atoms with E-state index in [1.54, 1.807) is 24.3 Å². The first-order valence-corrected chi connectivity index (χ1v) is 11.3. The third-order valence-corrected chi connectivity index (χ3v) is 6.53. The first-order chi connectivity index (χ1) is 14.6. The van der Waals surface area contributed by atoms with Gasteiger partial charge in [-0.1, -0.05) is 6.92 Å². The molecule has 7 nitrogen and oxygen atoms in total. The number of nitrogens with one attached hydrogen (secondary N) is 1. The number of ether oxygens (including phenoxy) is 1. The Morgan fingerprint density at radius 3 is 2.57 bits per heavy atom. The van der Waals surface area contributed by atoms with Crippen LogP contribution in [0.1, 0.15) is 45.4 Å². The minimum absolute atomic E-state index is 0.0289. The number of piperidine rings is 1. The topological polar surface area (TPSA) is 71.4 Å². The molecule has 1 aromatic carbocycles. The fourth-order valence-corrected chi connectivity index (χ4v) is 4.95.